The summed E-state index contributed by atoms with van der Waals surface area (Å²) < 4.78 is 10.9. The second-order valence-corrected chi connectivity index (χ2v) is 7.83. The molecule has 0 saturated carbocycles. The number of carbonyl (C=O) groups is 3. The number of aryl methyl sites for hydroxylation is 2. The number of morpholine rings is 1. The third-order valence-electron chi connectivity index (χ3n) is 5.13. The van der Waals surface area contributed by atoms with Gasteiger partial charge in [-0.05, 0) is 45.4 Å². The van der Waals surface area contributed by atoms with Crippen molar-refractivity contribution < 1.29 is 23.9 Å². The van der Waals surface area contributed by atoms with Gasteiger partial charge in [0.15, 0.2) is 12.4 Å². The minimum Gasteiger partial charge on any atom is -0.452 e. The van der Waals surface area contributed by atoms with Crippen molar-refractivity contribution in [2.24, 2.45) is 0 Å². The summed E-state index contributed by atoms with van der Waals surface area (Å²) in [4.78, 5) is 39.9. The Hall–Kier alpha value is -2.99. The van der Waals surface area contributed by atoms with Crippen LogP contribution in [0.1, 0.15) is 51.3 Å². The summed E-state index contributed by atoms with van der Waals surface area (Å²) in [5, 5.41) is 0. The van der Waals surface area contributed by atoms with E-state index >= 15 is 0 Å². The summed E-state index contributed by atoms with van der Waals surface area (Å²) in [5.74, 6) is -1.21. The molecule has 0 aliphatic carbocycles. The number of amides is 1. The van der Waals surface area contributed by atoms with E-state index in [0.717, 1.165) is 11.1 Å². The zero-order chi connectivity index (χ0) is 21.8. The van der Waals surface area contributed by atoms with E-state index in [1.165, 1.54) is 0 Å². The van der Waals surface area contributed by atoms with Crippen LogP contribution in [0.4, 0.5) is 0 Å². The van der Waals surface area contributed by atoms with Crippen LogP contribution in [0.25, 0.3) is 0 Å². The lowest BCUT2D eigenvalue weighted by Crippen LogP contribution is -2.49. The van der Waals surface area contributed by atoms with E-state index in [9.17, 15) is 14.4 Å². The topological polar surface area (TPSA) is 72.9 Å². The lowest BCUT2D eigenvalue weighted by Gasteiger charge is -2.35. The van der Waals surface area contributed by atoms with Gasteiger partial charge >= 0.3 is 5.97 Å². The highest BCUT2D eigenvalue weighted by Gasteiger charge is 2.27. The van der Waals surface area contributed by atoms with Gasteiger partial charge in [0.1, 0.15) is 0 Å². The SMILES string of the molecule is Cc1ccc(C)c(C(=O)c2ccccc2C(=O)OCC(=O)N2C[C@@H](C)O[C@H](C)C2)c1. The van der Waals surface area contributed by atoms with Crippen LogP contribution in [-0.2, 0) is 14.3 Å². The number of ketones is 1. The van der Waals surface area contributed by atoms with Crippen LogP contribution in [0.2, 0.25) is 0 Å². The Bertz CT molecular complexity index is 958. The molecule has 1 fully saturated rings. The third-order valence-corrected chi connectivity index (χ3v) is 5.13. The summed E-state index contributed by atoms with van der Waals surface area (Å²) >= 11 is 0. The van der Waals surface area contributed by atoms with E-state index in [1.54, 1.807) is 29.2 Å². The van der Waals surface area contributed by atoms with Gasteiger partial charge in [0.25, 0.3) is 5.91 Å². The van der Waals surface area contributed by atoms with Crippen LogP contribution >= 0.6 is 0 Å². The molecule has 1 aliphatic rings. The van der Waals surface area contributed by atoms with Gasteiger partial charge in [0.05, 0.1) is 17.8 Å². The zero-order valence-electron chi connectivity index (χ0n) is 17.8. The zero-order valence-corrected chi connectivity index (χ0v) is 17.8. The van der Waals surface area contributed by atoms with Crippen molar-refractivity contribution in [2.75, 3.05) is 19.7 Å². The molecule has 2 aromatic rings. The van der Waals surface area contributed by atoms with Crippen LogP contribution in [0.5, 0.6) is 0 Å². The van der Waals surface area contributed by atoms with Crippen LogP contribution in [0.15, 0.2) is 42.5 Å². The molecule has 6 heteroatoms. The minimum atomic E-state index is -0.688. The molecule has 0 spiro atoms. The molecule has 0 unspecified atom stereocenters. The Labute approximate surface area is 176 Å². The van der Waals surface area contributed by atoms with E-state index in [1.807, 2.05) is 45.9 Å². The predicted octanol–water partition coefficient (Wildman–Crippen LogP) is 3.33. The van der Waals surface area contributed by atoms with Crippen molar-refractivity contribution in [1.29, 1.82) is 0 Å². The molecular weight excluding hydrogens is 382 g/mol. The molecule has 3 rings (SSSR count). The number of esters is 1. The first-order valence-electron chi connectivity index (χ1n) is 10.1. The smallest absolute Gasteiger partial charge is 0.339 e. The molecule has 1 saturated heterocycles. The van der Waals surface area contributed by atoms with Gasteiger partial charge in [-0.1, -0.05) is 35.9 Å². The largest absolute Gasteiger partial charge is 0.452 e. The Morgan fingerprint density at radius 2 is 1.60 bits per heavy atom. The van der Waals surface area contributed by atoms with Crippen molar-refractivity contribution >= 4 is 17.7 Å². The Morgan fingerprint density at radius 3 is 2.27 bits per heavy atom. The highest BCUT2D eigenvalue weighted by Crippen LogP contribution is 2.20. The monoisotopic (exact) mass is 409 g/mol. The van der Waals surface area contributed by atoms with Gasteiger partial charge in [-0.25, -0.2) is 4.79 Å². The summed E-state index contributed by atoms with van der Waals surface area (Å²) in [5.41, 5.74) is 2.75. The first-order valence-corrected chi connectivity index (χ1v) is 10.1. The molecular formula is C24H27NO5. The lowest BCUT2D eigenvalue weighted by atomic mass is 9.94. The van der Waals surface area contributed by atoms with Crippen LogP contribution in [0.3, 0.4) is 0 Å². The molecule has 1 amide bonds. The van der Waals surface area contributed by atoms with Gasteiger partial charge in [0, 0.05) is 24.2 Å². The quantitative estimate of drug-likeness (QED) is 0.560. The fourth-order valence-corrected chi connectivity index (χ4v) is 3.66. The average Bonchev–Trinajstić information content (AvgIpc) is 2.72. The summed E-state index contributed by atoms with van der Waals surface area (Å²) in [7, 11) is 0. The van der Waals surface area contributed by atoms with E-state index < -0.39 is 5.97 Å². The molecule has 0 radical (unpaired) electrons. The van der Waals surface area contributed by atoms with Gasteiger partial charge in [-0.2, -0.15) is 0 Å². The molecule has 6 nitrogen and oxygen atoms in total. The first-order chi connectivity index (χ1) is 14.3. The first kappa shape index (κ1) is 21.7. The van der Waals surface area contributed by atoms with Gasteiger partial charge in [0.2, 0.25) is 0 Å². The van der Waals surface area contributed by atoms with Gasteiger partial charge < -0.3 is 14.4 Å². The molecule has 2 atom stereocenters. The van der Waals surface area contributed by atoms with Crippen molar-refractivity contribution in [3.8, 4) is 0 Å². The van der Waals surface area contributed by atoms with Crippen molar-refractivity contribution in [1.82, 2.24) is 4.90 Å². The lowest BCUT2D eigenvalue weighted by molar-refractivity contribution is -0.146. The number of benzene rings is 2. The Morgan fingerprint density at radius 1 is 0.967 bits per heavy atom. The predicted molar refractivity (Wildman–Crippen MR) is 113 cm³/mol. The Kier molecular flexibility index (Phi) is 6.67. The molecule has 0 bridgehead atoms. The van der Waals surface area contributed by atoms with Crippen LogP contribution in [-0.4, -0.2) is 54.5 Å². The van der Waals surface area contributed by atoms with E-state index in [-0.39, 0.29) is 41.6 Å². The number of nitrogens with zero attached hydrogens (tertiary/aromatic N) is 1. The van der Waals surface area contributed by atoms with Crippen molar-refractivity contribution in [2.45, 2.75) is 39.9 Å². The van der Waals surface area contributed by atoms with Crippen LogP contribution in [0, 0.1) is 13.8 Å². The fraction of sp³-hybridized carbons (Fsp3) is 0.375. The number of hydrogen-bond acceptors (Lipinski definition) is 5. The maximum atomic E-state index is 13.1. The summed E-state index contributed by atoms with van der Waals surface area (Å²) in [6.07, 6.45) is -0.131. The average molecular weight is 409 g/mol. The number of rotatable bonds is 5. The highest BCUT2D eigenvalue weighted by atomic mass is 16.5. The van der Waals surface area contributed by atoms with E-state index in [4.69, 9.17) is 9.47 Å². The molecule has 0 N–H and O–H groups in total. The molecule has 2 aromatic carbocycles. The van der Waals surface area contributed by atoms with E-state index in [2.05, 4.69) is 0 Å². The summed E-state index contributed by atoms with van der Waals surface area (Å²) in [6.45, 7) is 8.12. The fourth-order valence-electron chi connectivity index (χ4n) is 3.66. The standard InChI is InChI=1S/C24H27NO5/c1-15-9-10-16(2)21(11-15)23(27)19-7-5-6-8-20(19)24(28)29-14-22(26)25-12-17(3)30-18(4)13-25/h5-11,17-18H,12-14H2,1-4H3/t17-,18-/m1/s1. The molecule has 158 valence electrons. The highest BCUT2D eigenvalue weighted by molar-refractivity contribution is 6.15. The van der Waals surface area contributed by atoms with Gasteiger partial charge in [-0.15, -0.1) is 0 Å². The van der Waals surface area contributed by atoms with Gasteiger partial charge in [-0.3, -0.25) is 9.59 Å². The molecule has 30 heavy (non-hydrogen) atoms. The third kappa shape index (κ3) is 4.94. The van der Waals surface area contributed by atoms with Crippen molar-refractivity contribution in [3.05, 3.63) is 70.3 Å². The normalized spacial score (nSPS) is 18.7. The summed E-state index contributed by atoms with van der Waals surface area (Å²) in [6, 6.07) is 12.2. The maximum Gasteiger partial charge on any atom is 0.339 e. The second kappa shape index (κ2) is 9.22. The maximum absolute atomic E-state index is 13.1. The van der Waals surface area contributed by atoms with E-state index in [0.29, 0.717) is 18.7 Å². The number of ether oxygens (including phenoxy) is 2. The minimum absolute atomic E-state index is 0.0654. The second-order valence-electron chi connectivity index (χ2n) is 7.83. The van der Waals surface area contributed by atoms with Crippen LogP contribution < -0.4 is 0 Å². The number of carbonyl (C=O) groups excluding carboxylic acids is 3. The molecule has 1 heterocycles. The number of hydrogen-bond donors (Lipinski definition) is 0. The molecule has 0 aromatic heterocycles. The molecule has 1 aliphatic heterocycles. The Balaban J connectivity index is 1.74. The van der Waals surface area contributed by atoms with Crippen molar-refractivity contribution in [3.63, 3.8) is 0 Å².